The molecule has 2 rings (SSSR count). The van der Waals surface area contributed by atoms with Crippen molar-refractivity contribution in [2.75, 3.05) is 19.6 Å². The topological polar surface area (TPSA) is 88.6 Å². The molecule has 2 aromatic rings. The molecule has 0 amide bonds. The van der Waals surface area contributed by atoms with E-state index in [0.717, 1.165) is 24.1 Å². The number of nitrogens with one attached hydrogen (secondary N) is 2. The molecule has 1 aromatic heterocycles. The third kappa shape index (κ3) is 4.57. The average Bonchev–Trinajstić information content (AvgIpc) is 2.55. The maximum Gasteiger partial charge on any atom is 0.252 e. The summed E-state index contributed by atoms with van der Waals surface area (Å²) in [6.07, 6.45) is 3.25. The molecule has 0 unspecified atom stereocenters. The number of hydrazone groups is 1. The van der Waals surface area contributed by atoms with E-state index in [9.17, 15) is 4.79 Å². The fourth-order valence-electron chi connectivity index (χ4n) is 2.03. The number of hydrogen-bond acceptors (Lipinski definition) is 6. The summed E-state index contributed by atoms with van der Waals surface area (Å²) in [6, 6.07) is 6.90. The summed E-state index contributed by atoms with van der Waals surface area (Å²) < 4.78 is 10.4. The fourth-order valence-corrected chi connectivity index (χ4v) is 2.03. The van der Waals surface area contributed by atoms with Crippen LogP contribution in [-0.2, 0) is 6.42 Å². The van der Waals surface area contributed by atoms with Crippen LogP contribution in [0.2, 0.25) is 0 Å². The number of hydrogen-bond donors (Lipinski definition) is 2. The molecule has 0 aliphatic rings. The minimum atomic E-state index is -0.205. The van der Waals surface area contributed by atoms with Crippen LogP contribution < -0.4 is 20.5 Å². The minimum Gasteiger partial charge on any atom is -0.497 e. The van der Waals surface area contributed by atoms with Crippen LogP contribution >= 0.6 is 0 Å². The van der Waals surface area contributed by atoms with E-state index in [4.69, 9.17) is 9.47 Å². The number of nitrogens with zero attached hydrogens (tertiary/aromatic N) is 2. The molecule has 1 aromatic carbocycles. The molecule has 7 nitrogen and oxygen atoms in total. The highest BCUT2D eigenvalue weighted by atomic mass is 16.5. The number of rotatable bonds is 7. The highest BCUT2D eigenvalue weighted by molar-refractivity contribution is 5.84. The van der Waals surface area contributed by atoms with Crippen LogP contribution in [0.5, 0.6) is 11.5 Å². The number of aromatic amines is 1. The molecular weight excluding hydrogens is 296 g/mol. The molecule has 2 N–H and O–H groups in total. The lowest BCUT2D eigenvalue weighted by atomic mass is 10.2. The first kappa shape index (κ1) is 16.5. The monoisotopic (exact) mass is 316 g/mol. The van der Waals surface area contributed by atoms with Gasteiger partial charge in [0.25, 0.3) is 5.56 Å². The molecule has 0 saturated carbocycles. The second-order valence-corrected chi connectivity index (χ2v) is 4.81. The first-order valence-electron chi connectivity index (χ1n) is 7.27. The lowest BCUT2D eigenvalue weighted by Gasteiger charge is -2.07. The van der Waals surface area contributed by atoms with Crippen molar-refractivity contribution in [3.05, 3.63) is 45.9 Å². The summed E-state index contributed by atoms with van der Waals surface area (Å²) in [5, 5.41) is 4.09. The van der Waals surface area contributed by atoms with Gasteiger partial charge in [0.05, 0.1) is 20.4 Å². The summed E-state index contributed by atoms with van der Waals surface area (Å²) in [4.78, 5) is 18.5. The molecule has 0 aliphatic heterocycles. The second-order valence-electron chi connectivity index (χ2n) is 4.81. The Morgan fingerprint density at radius 2 is 2.13 bits per heavy atom. The summed E-state index contributed by atoms with van der Waals surface area (Å²) in [5.41, 5.74) is 4.03. The average molecular weight is 316 g/mol. The zero-order valence-electron chi connectivity index (χ0n) is 13.4. The van der Waals surface area contributed by atoms with Gasteiger partial charge in [0.1, 0.15) is 11.5 Å². The van der Waals surface area contributed by atoms with E-state index in [2.05, 4.69) is 20.5 Å². The Labute approximate surface area is 134 Å². The van der Waals surface area contributed by atoms with Crippen LogP contribution in [0.25, 0.3) is 0 Å². The third-order valence-electron chi connectivity index (χ3n) is 3.12. The van der Waals surface area contributed by atoms with Crippen molar-refractivity contribution < 1.29 is 9.47 Å². The Morgan fingerprint density at radius 1 is 1.30 bits per heavy atom. The molecule has 1 heterocycles. The Morgan fingerprint density at radius 3 is 2.83 bits per heavy atom. The van der Waals surface area contributed by atoms with Crippen LogP contribution in [0.1, 0.15) is 24.6 Å². The largest absolute Gasteiger partial charge is 0.497 e. The van der Waals surface area contributed by atoms with Gasteiger partial charge in [0.15, 0.2) is 0 Å². The van der Waals surface area contributed by atoms with E-state index in [1.54, 1.807) is 26.5 Å². The van der Waals surface area contributed by atoms with Gasteiger partial charge in [-0.2, -0.15) is 5.10 Å². The lowest BCUT2D eigenvalue weighted by molar-refractivity contribution is 0.394. The van der Waals surface area contributed by atoms with Crippen molar-refractivity contribution in [1.82, 2.24) is 9.97 Å². The molecule has 0 radical (unpaired) electrons. The Hall–Kier alpha value is -2.83. The molecular formula is C16H20N4O3. The van der Waals surface area contributed by atoms with E-state index in [1.807, 2.05) is 19.1 Å². The van der Waals surface area contributed by atoms with Gasteiger partial charge in [-0.15, -0.1) is 0 Å². The van der Waals surface area contributed by atoms with Crippen molar-refractivity contribution >= 4 is 12.2 Å². The van der Waals surface area contributed by atoms with E-state index in [-0.39, 0.29) is 5.56 Å². The fraction of sp³-hybridized carbons (Fsp3) is 0.312. The SMILES string of the molecule is CCCc1cc(=O)[nH]c(N/N=C/c2ccc(OC)cc2OC)n1. The second kappa shape index (κ2) is 7.98. The van der Waals surface area contributed by atoms with Crippen molar-refractivity contribution in [2.24, 2.45) is 5.10 Å². The van der Waals surface area contributed by atoms with Gasteiger partial charge in [0, 0.05) is 23.4 Å². The first-order chi connectivity index (χ1) is 11.2. The normalized spacial score (nSPS) is 10.7. The number of ether oxygens (including phenoxy) is 2. The minimum absolute atomic E-state index is 0.205. The zero-order chi connectivity index (χ0) is 16.7. The molecule has 7 heteroatoms. The predicted molar refractivity (Wildman–Crippen MR) is 89.6 cm³/mol. The molecule has 0 spiro atoms. The number of benzene rings is 1. The Bertz CT molecular complexity index is 740. The third-order valence-corrected chi connectivity index (χ3v) is 3.12. The van der Waals surface area contributed by atoms with E-state index >= 15 is 0 Å². The predicted octanol–water partition coefficient (Wildman–Crippen LogP) is 2.19. The number of anilines is 1. The van der Waals surface area contributed by atoms with Crippen LogP contribution in [0.15, 0.2) is 34.2 Å². The van der Waals surface area contributed by atoms with Crippen molar-refractivity contribution in [3.63, 3.8) is 0 Å². The van der Waals surface area contributed by atoms with E-state index in [0.29, 0.717) is 17.4 Å². The Kier molecular flexibility index (Phi) is 5.74. The number of H-pyrrole nitrogens is 1. The van der Waals surface area contributed by atoms with Crippen LogP contribution in [0.3, 0.4) is 0 Å². The molecule has 0 aliphatic carbocycles. The summed E-state index contributed by atoms with van der Waals surface area (Å²) in [5.74, 6) is 1.64. The van der Waals surface area contributed by atoms with Gasteiger partial charge in [0.2, 0.25) is 5.95 Å². The van der Waals surface area contributed by atoms with E-state index < -0.39 is 0 Å². The first-order valence-corrected chi connectivity index (χ1v) is 7.27. The quantitative estimate of drug-likeness (QED) is 0.604. The summed E-state index contributed by atoms with van der Waals surface area (Å²) in [7, 11) is 3.17. The van der Waals surface area contributed by atoms with Gasteiger partial charge < -0.3 is 9.47 Å². The van der Waals surface area contributed by atoms with Crippen LogP contribution in [0, 0.1) is 0 Å². The van der Waals surface area contributed by atoms with Gasteiger partial charge in [-0.25, -0.2) is 10.4 Å². The molecule has 0 bridgehead atoms. The van der Waals surface area contributed by atoms with Gasteiger partial charge in [-0.05, 0) is 18.6 Å². The molecule has 0 atom stereocenters. The van der Waals surface area contributed by atoms with Gasteiger partial charge >= 0.3 is 0 Å². The number of aromatic nitrogens is 2. The highest BCUT2D eigenvalue weighted by Crippen LogP contribution is 2.23. The highest BCUT2D eigenvalue weighted by Gasteiger charge is 2.03. The Balaban J connectivity index is 2.14. The maximum atomic E-state index is 11.6. The van der Waals surface area contributed by atoms with Gasteiger partial charge in [-0.3, -0.25) is 9.78 Å². The van der Waals surface area contributed by atoms with Crippen molar-refractivity contribution in [3.8, 4) is 11.5 Å². The smallest absolute Gasteiger partial charge is 0.252 e. The molecule has 0 fully saturated rings. The maximum absolute atomic E-state index is 11.6. The number of methoxy groups -OCH3 is 2. The van der Waals surface area contributed by atoms with Crippen LogP contribution in [-0.4, -0.2) is 30.4 Å². The zero-order valence-corrected chi connectivity index (χ0v) is 13.4. The van der Waals surface area contributed by atoms with Crippen LogP contribution in [0.4, 0.5) is 5.95 Å². The molecule has 0 saturated heterocycles. The van der Waals surface area contributed by atoms with E-state index in [1.165, 1.54) is 6.07 Å². The standard InChI is InChI=1S/C16H20N4O3/c1-4-5-12-8-15(21)19-16(18-12)20-17-10-11-6-7-13(22-2)9-14(11)23-3/h6-10H,4-5H2,1-3H3,(H2,18,19,20,21)/b17-10+. The molecule has 122 valence electrons. The van der Waals surface area contributed by atoms with Crippen molar-refractivity contribution in [2.45, 2.75) is 19.8 Å². The summed E-state index contributed by atoms with van der Waals surface area (Å²) in [6.45, 7) is 2.03. The van der Waals surface area contributed by atoms with Crippen molar-refractivity contribution in [1.29, 1.82) is 0 Å². The summed E-state index contributed by atoms with van der Waals surface area (Å²) >= 11 is 0. The lowest BCUT2D eigenvalue weighted by Crippen LogP contribution is -2.12. The number of aryl methyl sites for hydroxylation is 1. The van der Waals surface area contributed by atoms with Gasteiger partial charge in [-0.1, -0.05) is 13.3 Å². The molecule has 23 heavy (non-hydrogen) atoms.